The number of aromatic nitrogens is 4. The maximum absolute atomic E-state index is 14.2. The van der Waals surface area contributed by atoms with E-state index in [9.17, 15) is 23.4 Å². The van der Waals surface area contributed by atoms with Gasteiger partial charge in [0.1, 0.15) is 17.7 Å². The maximum Gasteiger partial charge on any atom is 0.419 e. The number of halogens is 1. The Kier molecular flexibility index (Phi) is 6.12. The molecule has 196 valence electrons. The molecule has 10 nitrogen and oxygen atoms in total. The van der Waals surface area contributed by atoms with E-state index < -0.39 is 34.3 Å². The first-order valence-corrected chi connectivity index (χ1v) is 13.1. The van der Waals surface area contributed by atoms with Gasteiger partial charge in [0.05, 0.1) is 29.6 Å². The van der Waals surface area contributed by atoms with Gasteiger partial charge in [-0.1, -0.05) is 6.07 Å². The van der Waals surface area contributed by atoms with Crippen molar-refractivity contribution in [3.8, 4) is 11.1 Å². The summed E-state index contributed by atoms with van der Waals surface area (Å²) in [4.78, 5) is 17.4. The number of carbonyl (C=O) groups is 1. The van der Waals surface area contributed by atoms with Crippen molar-refractivity contribution >= 4 is 27.8 Å². The van der Waals surface area contributed by atoms with E-state index >= 15 is 0 Å². The second-order valence-corrected chi connectivity index (χ2v) is 11.9. The quantitative estimate of drug-likeness (QED) is 0.340. The highest BCUT2D eigenvalue weighted by Gasteiger charge is 2.43. The number of fused-ring (bicyclic) bond motifs is 2. The zero-order valence-electron chi connectivity index (χ0n) is 20.8. The molecule has 3 heterocycles. The molecule has 0 bridgehead atoms. The van der Waals surface area contributed by atoms with Crippen LogP contribution < -0.4 is 0 Å². The van der Waals surface area contributed by atoms with Crippen LogP contribution in [0.3, 0.4) is 0 Å². The van der Waals surface area contributed by atoms with Gasteiger partial charge in [0.15, 0.2) is 5.82 Å². The molecule has 1 aliphatic rings. The van der Waals surface area contributed by atoms with E-state index in [0.29, 0.717) is 38.3 Å². The summed E-state index contributed by atoms with van der Waals surface area (Å²) in [5.41, 5.74) is 1.42. The third-order valence-corrected chi connectivity index (χ3v) is 8.12. The van der Waals surface area contributed by atoms with Crippen molar-refractivity contribution in [2.24, 2.45) is 7.05 Å². The molecule has 0 aliphatic carbocycles. The summed E-state index contributed by atoms with van der Waals surface area (Å²) >= 11 is 0. The van der Waals surface area contributed by atoms with Gasteiger partial charge >= 0.3 is 6.09 Å². The molecule has 2 aromatic carbocycles. The van der Waals surface area contributed by atoms with E-state index in [1.54, 1.807) is 58.3 Å². The maximum atomic E-state index is 14.2. The summed E-state index contributed by atoms with van der Waals surface area (Å²) in [6.45, 7) is 4.90. The minimum atomic E-state index is -3.42. The topological polar surface area (TPSA) is 126 Å². The summed E-state index contributed by atoms with van der Waals surface area (Å²) in [5.74, 6) is -0.111. The molecule has 12 heteroatoms. The summed E-state index contributed by atoms with van der Waals surface area (Å²) in [6, 6.07) is 8.52. The zero-order chi connectivity index (χ0) is 26.7. The van der Waals surface area contributed by atoms with Crippen LogP contribution in [-0.4, -0.2) is 56.1 Å². The van der Waals surface area contributed by atoms with E-state index in [2.05, 4.69) is 10.1 Å². The third-order valence-electron chi connectivity index (χ3n) is 6.12. The molecule has 0 saturated carbocycles. The third kappa shape index (κ3) is 4.51. The van der Waals surface area contributed by atoms with Crippen molar-refractivity contribution in [2.45, 2.75) is 43.9 Å². The second-order valence-electron chi connectivity index (χ2n) is 9.93. The summed E-state index contributed by atoms with van der Waals surface area (Å²) in [7, 11) is -1.71. The number of carbonyl (C=O) groups excluding carboxylic acids is 1. The first-order chi connectivity index (χ1) is 17.4. The molecule has 1 aliphatic heterocycles. The lowest BCUT2D eigenvalue weighted by atomic mass is 9.99. The largest absolute Gasteiger partial charge is 0.443 e. The highest BCUT2D eigenvalue weighted by molar-refractivity contribution is 8.22. The molecule has 0 saturated heterocycles. The lowest BCUT2D eigenvalue weighted by Crippen LogP contribution is -2.28. The Morgan fingerprint density at radius 3 is 2.59 bits per heavy atom. The van der Waals surface area contributed by atoms with Crippen LogP contribution in [0.5, 0.6) is 0 Å². The first-order valence-electron chi connectivity index (χ1n) is 11.6. The smallest absolute Gasteiger partial charge is 0.419 e. The van der Waals surface area contributed by atoms with Crippen LogP contribution in [0, 0.1) is 5.82 Å². The van der Waals surface area contributed by atoms with Crippen LogP contribution in [0.15, 0.2) is 53.8 Å². The van der Waals surface area contributed by atoms with Crippen molar-refractivity contribution in [2.75, 3.05) is 6.61 Å². The highest BCUT2D eigenvalue weighted by atomic mass is 32.3. The van der Waals surface area contributed by atoms with E-state index in [0.717, 1.165) is 0 Å². The Morgan fingerprint density at radius 1 is 1.19 bits per heavy atom. The first kappa shape index (κ1) is 25.4. The molecule has 0 amide bonds. The molecule has 1 unspecified atom stereocenters. The molecule has 1 atom stereocenters. The van der Waals surface area contributed by atoms with E-state index in [-0.39, 0.29) is 13.2 Å². The van der Waals surface area contributed by atoms with Gasteiger partial charge in [0.25, 0.3) is 0 Å². The molecule has 2 aromatic heterocycles. The van der Waals surface area contributed by atoms with Crippen LogP contribution in [0.1, 0.15) is 38.2 Å². The van der Waals surface area contributed by atoms with Crippen molar-refractivity contribution in [3.05, 3.63) is 66.1 Å². The fourth-order valence-electron chi connectivity index (χ4n) is 4.56. The molecule has 3 N–H and O–H groups in total. The molecular formula is C25H28FN5O5S. The van der Waals surface area contributed by atoms with Crippen LogP contribution in [0.25, 0.3) is 22.0 Å². The standard InChI is InChI=1S/C25H28FN5O5S/c1-25(2,3)36-24(33)30-11-19(17-7-6-16(26)10-20(17)30)15-5-8-22-18(9-15)21(13-32)31(37(22,34)35)12-23-27-14-29(4)28-23/h5-11,14,21,32,34-35H,12-13H2,1-4H3. The number of hydrogen-bond donors (Lipinski definition) is 3. The monoisotopic (exact) mass is 529 g/mol. The van der Waals surface area contributed by atoms with Crippen molar-refractivity contribution in [3.63, 3.8) is 0 Å². The number of aryl methyl sites for hydroxylation is 1. The predicted molar refractivity (Wildman–Crippen MR) is 136 cm³/mol. The van der Waals surface area contributed by atoms with Gasteiger partial charge < -0.3 is 9.84 Å². The molecule has 0 fully saturated rings. The van der Waals surface area contributed by atoms with Crippen molar-refractivity contribution in [1.82, 2.24) is 23.6 Å². The fraction of sp³-hybridized carbons (Fsp3) is 0.320. The predicted octanol–water partition coefficient (Wildman–Crippen LogP) is 4.93. The number of ether oxygens (including phenoxy) is 1. The normalized spacial score (nSPS) is 18.2. The molecular weight excluding hydrogens is 501 g/mol. The van der Waals surface area contributed by atoms with Crippen molar-refractivity contribution < 1.29 is 28.1 Å². The van der Waals surface area contributed by atoms with Gasteiger partial charge in [-0.3, -0.25) is 18.4 Å². The van der Waals surface area contributed by atoms with Gasteiger partial charge in [-0.25, -0.2) is 14.2 Å². The van der Waals surface area contributed by atoms with E-state index in [1.807, 2.05) is 0 Å². The Hall–Kier alpha value is -3.29. The Labute approximate surface area is 214 Å². The summed E-state index contributed by atoms with van der Waals surface area (Å²) < 4.78 is 46.1. The van der Waals surface area contributed by atoms with Gasteiger partial charge in [0.2, 0.25) is 0 Å². The Balaban J connectivity index is 1.60. The van der Waals surface area contributed by atoms with Crippen LogP contribution >= 0.6 is 10.8 Å². The van der Waals surface area contributed by atoms with Gasteiger partial charge in [0, 0.05) is 24.2 Å². The SMILES string of the molecule is Cn1cnc(CN2C(CO)c3cc(-c4cn(C(=O)OC(C)(C)C)c5cc(F)ccc45)ccc3S2(O)O)n1. The molecule has 5 rings (SSSR count). The van der Waals surface area contributed by atoms with Crippen molar-refractivity contribution in [1.29, 1.82) is 0 Å². The van der Waals surface area contributed by atoms with Crippen LogP contribution in [-0.2, 0) is 18.3 Å². The zero-order valence-corrected chi connectivity index (χ0v) is 21.6. The van der Waals surface area contributed by atoms with Gasteiger partial charge in [-0.2, -0.15) is 9.40 Å². The number of aliphatic hydroxyl groups is 1. The number of aliphatic hydroxyl groups excluding tert-OH is 1. The molecule has 4 aromatic rings. The van der Waals surface area contributed by atoms with Gasteiger partial charge in [-0.15, -0.1) is 10.8 Å². The fourth-order valence-corrected chi connectivity index (χ4v) is 6.41. The minimum Gasteiger partial charge on any atom is -0.443 e. The Bertz CT molecular complexity index is 1510. The lowest BCUT2D eigenvalue weighted by molar-refractivity contribution is 0.0544. The molecule has 0 radical (unpaired) electrons. The van der Waals surface area contributed by atoms with Crippen LogP contribution in [0.2, 0.25) is 0 Å². The lowest BCUT2D eigenvalue weighted by Gasteiger charge is -2.38. The number of rotatable bonds is 4. The Morgan fingerprint density at radius 2 is 1.95 bits per heavy atom. The highest BCUT2D eigenvalue weighted by Crippen LogP contribution is 2.64. The minimum absolute atomic E-state index is 0.0235. The average molecular weight is 530 g/mol. The van der Waals surface area contributed by atoms with Crippen LogP contribution in [0.4, 0.5) is 9.18 Å². The van der Waals surface area contributed by atoms with E-state index in [1.165, 1.54) is 32.0 Å². The molecule has 37 heavy (non-hydrogen) atoms. The molecule has 0 spiro atoms. The van der Waals surface area contributed by atoms with Gasteiger partial charge in [-0.05, 0) is 62.2 Å². The number of benzene rings is 2. The number of nitrogens with zero attached hydrogens (tertiary/aromatic N) is 5. The average Bonchev–Trinajstić information content (AvgIpc) is 3.45. The summed E-state index contributed by atoms with van der Waals surface area (Å²) in [6.07, 6.45) is 2.45. The number of hydrogen-bond acceptors (Lipinski definition) is 8. The second kappa shape index (κ2) is 8.92. The summed E-state index contributed by atoms with van der Waals surface area (Å²) in [5, 5.41) is 15.1. The van der Waals surface area contributed by atoms with E-state index in [4.69, 9.17) is 4.74 Å².